The van der Waals surface area contributed by atoms with Crippen molar-refractivity contribution in [2.45, 2.75) is 44.6 Å². The van der Waals surface area contributed by atoms with E-state index < -0.39 is 5.54 Å². The highest BCUT2D eigenvalue weighted by molar-refractivity contribution is 5.85. The summed E-state index contributed by atoms with van der Waals surface area (Å²) in [6.07, 6.45) is 5.28. The van der Waals surface area contributed by atoms with E-state index in [1.807, 2.05) is 12.1 Å². The van der Waals surface area contributed by atoms with E-state index in [-0.39, 0.29) is 12.4 Å². The summed E-state index contributed by atoms with van der Waals surface area (Å²) in [6, 6.07) is 8.22. The van der Waals surface area contributed by atoms with Crippen LogP contribution in [0.25, 0.3) is 11.5 Å². The van der Waals surface area contributed by atoms with Gasteiger partial charge in [0, 0.05) is 24.8 Å². The molecule has 0 amide bonds. The zero-order valence-electron chi connectivity index (χ0n) is 13.8. The average molecular weight is 337 g/mol. The summed E-state index contributed by atoms with van der Waals surface area (Å²) in [6.45, 7) is 3.22. The van der Waals surface area contributed by atoms with Gasteiger partial charge in [-0.1, -0.05) is 24.9 Å². The monoisotopic (exact) mass is 336 g/mol. The second-order valence-corrected chi connectivity index (χ2v) is 6.25. The highest BCUT2D eigenvalue weighted by atomic mass is 35.5. The molecule has 0 radical (unpaired) electrons. The van der Waals surface area contributed by atoms with Crippen LogP contribution in [0.1, 0.15) is 44.9 Å². The number of hydrogen-bond acceptors (Lipinski definition) is 5. The highest BCUT2D eigenvalue weighted by Gasteiger charge is 2.36. The Labute approximate surface area is 143 Å². The molecule has 1 aliphatic carbocycles. The van der Waals surface area contributed by atoms with Crippen molar-refractivity contribution in [2.24, 2.45) is 5.73 Å². The van der Waals surface area contributed by atoms with E-state index in [4.69, 9.17) is 10.3 Å². The Morgan fingerprint density at radius 2 is 1.87 bits per heavy atom. The number of nitrogens with two attached hydrogens (primary N) is 1. The lowest BCUT2D eigenvalue weighted by molar-refractivity contribution is 0.372. The van der Waals surface area contributed by atoms with Crippen LogP contribution in [0, 0.1) is 0 Å². The largest absolute Gasteiger partial charge is 0.375 e. The number of anilines is 1. The molecule has 0 saturated heterocycles. The predicted molar refractivity (Wildman–Crippen MR) is 94.9 cm³/mol. The third kappa shape index (κ3) is 3.67. The maximum Gasteiger partial charge on any atom is 0.257 e. The fourth-order valence-electron chi connectivity index (χ4n) is 3.10. The van der Waals surface area contributed by atoms with Gasteiger partial charge in [0.25, 0.3) is 5.89 Å². The summed E-state index contributed by atoms with van der Waals surface area (Å²) < 4.78 is 5.42. The maximum atomic E-state index is 6.38. The number of aromatic nitrogens is 2. The van der Waals surface area contributed by atoms with Crippen molar-refractivity contribution in [1.29, 1.82) is 0 Å². The Balaban J connectivity index is 0.00000192. The molecule has 1 aliphatic rings. The molecular weight excluding hydrogens is 312 g/mol. The molecular formula is C17H25ClN4O. The Kier molecular flexibility index (Phi) is 5.65. The van der Waals surface area contributed by atoms with Crippen LogP contribution in [-0.2, 0) is 5.54 Å². The molecule has 0 atom stereocenters. The summed E-state index contributed by atoms with van der Waals surface area (Å²) in [5, 5.41) is 4.11. The lowest BCUT2D eigenvalue weighted by Crippen LogP contribution is -2.34. The van der Waals surface area contributed by atoms with Crippen LogP contribution < -0.4 is 10.6 Å². The van der Waals surface area contributed by atoms with E-state index in [0.29, 0.717) is 11.7 Å². The third-order valence-corrected chi connectivity index (χ3v) is 4.48. The summed E-state index contributed by atoms with van der Waals surface area (Å²) in [5.74, 6) is 1.20. The third-order valence-electron chi connectivity index (χ3n) is 4.48. The molecule has 2 N–H and O–H groups in total. The lowest BCUT2D eigenvalue weighted by Gasteiger charge is -2.18. The van der Waals surface area contributed by atoms with E-state index >= 15 is 0 Å². The molecule has 126 valence electrons. The molecule has 1 fully saturated rings. The lowest BCUT2D eigenvalue weighted by atomic mass is 9.99. The minimum absolute atomic E-state index is 0. The number of nitrogens with zero attached hydrogens (tertiary/aromatic N) is 3. The van der Waals surface area contributed by atoms with Gasteiger partial charge in [-0.3, -0.25) is 0 Å². The van der Waals surface area contributed by atoms with Crippen LogP contribution in [-0.4, -0.2) is 23.7 Å². The first-order valence-corrected chi connectivity index (χ1v) is 8.07. The maximum absolute atomic E-state index is 6.38. The minimum Gasteiger partial charge on any atom is -0.375 e. The smallest absolute Gasteiger partial charge is 0.257 e. The van der Waals surface area contributed by atoms with Crippen molar-refractivity contribution >= 4 is 18.1 Å². The molecule has 0 spiro atoms. The van der Waals surface area contributed by atoms with Crippen LogP contribution in [0.5, 0.6) is 0 Å². The zero-order valence-corrected chi connectivity index (χ0v) is 14.6. The molecule has 1 aromatic heterocycles. The number of hydrogen-bond donors (Lipinski definition) is 1. The first-order chi connectivity index (χ1) is 10.6. The second-order valence-electron chi connectivity index (χ2n) is 6.25. The van der Waals surface area contributed by atoms with Crippen molar-refractivity contribution in [3.63, 3.8) is 0 Å². The van der Waals surface area contributed by atoms with Crippen molar-refractivity contribution in [2.75, 3.05) is 18.5 Å². The molecule has 1 aromatic carbocycles. The van der Waals surface area contributed by atoms with Crippen LogP contribution in [0.2, 0.25) is 0 Å². The molecule has 0 unspecified atom stereocenters. The molecule has 5 nitrogen and oxygen atoms in total. The van der Waals surface area contributed by atoms with Crippen LogP contribution in [0.3, 0.4) is 0 Å². The first kappa shape index (κ1) is 17.8. The van der Waals surface area contributed by atoms with Gasteiger partial charge in [-0.2, -0.15) is 4.98 Å². The van der Waals surface area contributed by atoms with Gasteiger partial charge in [0.15, 0.2) is 5.82 Å². The van der Waals surface area contributed by atoms with Gasteiger partial charge in [0.05, 0.1) is 5.54 Å². The van der Waals surface area contributed by atoms with Gasteiger partial charge in [-0.15, -0.1) is 12.4 Å². The number of benzene rings is 1. The normalized spacial score (nSPS) is 16.1. The van der Waals surface area contributed by atoms with Crippen LogP contribution >= 0.6 is 12.4 Å². The number of rotatable bonds is 5. The molecule has 1 saturated carbocycles. The van der Waals surface area contributed by atoms with Gasteiger partial charge in [0.2, 0.25) is 0 Å². The minimum atomic E-state index is -0.400. The van der Waals surface area contributed by atoms with Gasteiger partial charge >= 0.3 is 0 Å². The van der Waals surface area contributed by atoms with E-state index in [1.54, 1.807) is 0 Å². The van der Waals surface area contributed by atoms with Crippen LogP contribution in [0.15, 0.2) is 28.8 Å². The Morgan fingerprint density at radius 1 is 1.22 bits per heavy atom. The fraction of sp³-hybridized carbons (Fsp3) is 0.529. The topological polar surface area (TPSA) is 68.2 Å². The van der Waals surface area contributed by atoms with Gasteiger partial charge in [0.1, 0.15) is 0 Å². The Hall–Kier alpha value is -1.59. The van der Waals surface area contributed by atoms with Crippen LogP contribution in [0.4, 0.5) is 5.69 Å². The number of halogens is 1. The molecule has 2 aromatic rings. The highest BCUT2D eigenvalue weighted by Crippen LogP contribution is 2.35. The van der Waals surface area contributed by atoms with Gasteiger partial charge in [-0.05, 0) is 43.5 Å². The van der Waals surface area contributed by atoms with Crippen molar-refractivity contribution < 1.29 is 4.52 Å². The predicted octanol–water partition coefficient (Wildman–Crippen LogP) is 3.73. The Morgan fingerprint density at radius 3 is 2.48 bits per heavy atom. The van der Waals surface area contributed by atoms with E-state index in [2.05, 4.69) is 41.1 Å². The van der Waals surface area contributed by atoms with Crippen molar-refractivity contribution in [1.82, 2.24) is 10.1 Å². The first-order valence-electron chi connectivity index (χ1n) is 8.07. The summed E-state index contributed by atoms with van der Waals surface area (Å²) in [7, 11) is 2.10. The van der Waals surface area contributed by atoms with Gasteiger partial charge in [-0.25, -0.2) is 0 Å². The summed E-state index contributed by atoms with van der Waals surface area (Å²) in [5.41, 5.74) is 8.11. The molecule has 0 aliphatic heterocycles. The Bertz CT molecular complexity index is 620. The van der Waals surface area contributed by atoms with Crippen molar-refractivity contribution in [3.05, 3.63) is 30.1 Å². The molecule has 1 heterocycles. The van der Waals surface area contributed by atoms with E-state index in [0.717, 1.165) is 44.2 Å². The fourth-order valence-corrected chi connectivity index (χ4v) is 3.10. The average Bonchev–Trinajstić information content (AvgIpc) is 3.17. The molecule has 0 bridgehead atoms. The standard InChI is InChI=1S/C17H24N4O.ClH/c1-3-12-21(2)14-8-6-13(7-9-14)15-19-16(20-22-15)17(18)10-4-5-11-17;/h6-9H,3-5,10-12,18H2,1-2H3;1H. The quantitative estimate of drug-likeness (QED) is 0.900. The van der Waals surface area contributed by atoms with Gasteiger partial charge < -0.3 is 15.2 Å². The van der Waals surface area contributed by atoms with E-state index in [1.165, 1.54) is 5.69 Å². The second kappa shape index (κ2) is 7.32. The molecule has 23 heavy (non-hydrogen) atoms. The van der Waals surface area contributed by atoms with E-state index in [9.17, 15) is 0 Å². The molecule has 3 rings (SSSR count). The summed E-state index contributed by atoms with van der Waals surface area (Å²) in [4.78, 5) is 6.76. The summed E-state index contributed by atoms with van der Waals surface area (Å²) >= 11 is 0. The molecule has 6 heteroatoms. The van der Waals surface area contributed by atoms with Crippen molar-refractivity contribution in [3.8, 4) is 11.5 Å². The zero-order chi connectivity index (χ0) is 15.6. The SMILES string of the molecule is CCCN(C)c1ccc(-c2nc(C3(N)CCCC3)no2)cc1.Cl.